The van der Waals surface area contributed by atoms with Gasteiger partial charge in [0.2, 0.25) is 0 Å². The first-order valence-corrected chi connectivity index (χ1v) is 7.41. The van der Waals surface area contributed by atoms with E-state index in [0.29, 0.717) is 12.1 Å². The van der Waals surface area contributed by atoms with E-state index in [2.05, 4.69) is 37.5 Å². The molecule has 4 nitrogen and oxygen atoms in total. The van der Waals surface area contributed by atoms with Crippen LogP contribution in [0.5, 0.6) is 0 Å². The van der Waals surface area contributed by atoms with Gasteiger partial charge in [-0.05, 0) is 66.7 Å². The van der Waals surface area contributed by atoms with E-state index in [-0.39, 0.29) is 0 Å². The standard InChI is InChI=1S/C14H34N4/c1-13(2)18(14(3)4)12-11-17(9-5-7-15)10-6-8-16/h13-14H,5-12,15-16H2,1-4H3. The molecule has 0 aliphatic rings. The van der Waals surface area contributed by atoms with Gasteiger partial charge in [-0.3, -0.25) is 4.90 Å². The van der Waals surface area contributed by atoms with Gasteiger partial charge >= 0.3 is 0 Å². The van der Waals surface area contributed by atoms with E-state index < -0.39 is 0 Å². The van der Waals surface area contributed by atoms with E-state index in [0.717, 1.165) is 52.1 Å². The number of hydrogen-bond donors (Lipinski definition) is 2. The molecule has 0 aromatic heterocycles. The molecule has 0 atom stereocenters. The maximum Gasteiger partial charge on any atom is 0.0115 e. The van der Waals surface area contributed by atoms with Crippen LogP contribution in [-0.4, -0.2) is 61.2 Å². The molecule has 0 amide bonds. The zero-order valence-electron chi connectivity index (χ0n) is 12.9. The van der Waals surface area contributed by atoms with E-state index in [1.165, 1.54) is 0 Å². The van der Waals surface area contributed by atoms with Crippen molar-refractivity contribution in [2.75, 3.05) is 39.3 Å². The first-order valence-electron chi connectivity index (χ1n) is 7.41. The van der Waals surface area contributed by atoms with Gasteiger partial charge in [0.25, 0.3) is 0 Å². The van der Waals surface area contributed by atoms with Crippen molar-refractivity contribution in [3.05, 3.63) is 0 Å². The molecule has 18 heavy (non-hydrogen) atoms. The summed E-state index contributed by atoms with van der Waals surface area (Å²) in [7, 11) is 0. The van der Waals surface area contributed by atoms with Gasteiger partial charge in [0.15, 0.2) is 0 Å². The van der Waals surface area contributed by atoms with Crippen molar-refractivity contribution in [2.45, 2.75) is 52.6 Å². The van der Waals surface area contributed by atoms with Crippen LogP contribution in [-0.2, 0) is 0 Å². The Labute approximate surface area is 114 Å². The predicted octanol–water partition coefficient (Wildman–Crippen LogP) is 1.10. The van der Waals surface area contributed by atoms with Crippen LogP contribution in [0.2, 0.25) is 0 Å². The van der Waals surface area contributed by atoms with E-state index in [9.17, 15) is 0 Å². The van der Waals surface area contributed by atoms with Gasteiger partial charge in [-0.15, -0.1) is 0 Å². The molecule has 0 radical (unpaired) electrons. The molecule has 110 valence electrons. The number of nitrogens with two attached hydrogens (primary N) is 2. The van der Waals surface area contributed by atoms with Crippen LogP contribution in [0.1, 0.15) is 40.5 Å². The summed E-state index contributed by atoms with van der Waals surface area (Å²) in [5, 5.41) is 0. The number of nitrogens with zero attached hydrogens (tertiary/aromatic N) is 2. The van der Waals surface area contributed by atoms with Crippen LogP contribution in [0.15, 0.2) is 0 Å². The third kappa shape index (κ3) is 8.03. The van der Waals surface area contributed by atoms with Crippen LogP contribution in [0.4, 0.5) is 0 Å². The fraction of sp³-hybridized carbons (Fsp3) is 1.00. The van der Waals surface area contributed by atoms with Crippen molar-refractivity contribution >= 4 is 0 Å². The minimum atomic E-state index is 0.607. The molecule has 0 spiro atoms. The van der Waals surface area contributed by atoms with Gasteiger partial charge in [-0.1, -0.05) is 0 Å². The fourth-order valence-corrected chi connectivity index (χ4v) is 2.33. The maximum absolute atomic E-state index is 5.60. The van der Waals surface area contributed by atoms with Crippen LogP contribution in [0.25, 0.3) is 0 Å². The monoisotopic (exact) mass is 258 g/mol. The Morgan fingerprint density at radius 3 is 1.50 bits per heavy atom. The Bertz CT molecular complexity index is 167. The summed E-state index contributed by atoms with van der Waals surface area (Å²) >= 11 is 0. The lowest BCUT2D eigenvalue weighted by molar-refractivity contribution is 0.142. The van der Waals surface area contributed by atoms with Crippen molar-refractivity contribution in [3.63, 3.8) is 0 Å². The molecule has 0 aliphatic carbocycles. The largest absolute Gasteiger partial charge is 0.330 e. The van der Waals surface area contributed by atoms with E-state index in [4.69, 9.17) is 11.5 Å². The average molecular weight is 258 g/mol. The SMILES string of the molecule is CC(C)N(CCN(CCCN)CCCN)C(C)C. The quantitative estimate of drug-likeness (QED) is 0.583. The molecular formula is C14H34N4. The van der Waals surface area contributed by atoms with Crippen molar-refractivity contribution < 1.29 is 0 Å². The second-order valence-corrected chi connectivity index (χ2v) is 5.55. The minimum Gasteiger partial charge on any atom is -0.330 e. The highest BCUT2D eigenvalue weighted by Crippen LogP contribution is 2.05. The van der Waals surface area contributed by atoms with Gasteiger partial charge in [-0.25, -0.2) is 0 Å². The second kappa shape index (κ2) is 10.7. The van der Waals surface area contributed by atoms with Crippen LogP contribution in [0.3, 0.4) is 0 Å². The summed E-state index contributed by atoms with van der Waals surface area (Å²) in [5.74, 6) is 0. The molecular weight excluding hydrogens is 224 g/mol. The van der Waals surface area contributed by atoms with E-state index in [1.807, 2.05) is 0 Å². The van der Waals surface area contributed by atoms with Crippen LogP contribution < -0.4 is 11.5 Å². The van der Waals surface area contributed by atoms with E-state index >= 15 is 0 Å². The van der Waals surface area contributed by atoms with Gasteiger partial charge < -0.3 is 16.4 Å². The van der Waals surface area contributed by atoms with Gasteiger partial charge in [0.05, 0.1) is 0 Å². The summed E-state index contributed by atoms with van der Waals surface area (Å²) in [6.45, 7) is 15.1. The summed E-state index contributed by atoms with van der Waals surface area (Å²) < 4.78 is 0. The Kier molecular flexibility index (Phi) is 10.6. The lowest BCUT2D eigenvalue weighted by Gasteiger charge is -2.33. The highest BCUT2D eigenvalue weighted by atomic mass is 15.2. The molecule has 0 aromatic carbocycles. The predicted molar refractivity (Wildman–Crippen MR) is 80.8 cm³/mol. The second-order valence-electron chi connectivity index (χ2n) is 5.55. The smallest absolute Gasteiger partial charge is 0.0115 e. The average Bonchev–Trinajstić information content (AvgIpc) is 2.31. The fourth-order valence-electron chi connectivity index (χ4n) is 2.33. The summed E-state index contributed by atoms with van der Waals surface area (Å²) in [6.07, 6.45) is 2.15. The first kappa shape index (κ1) is 17.8. The molecule has 0 saturated carbocycles. The lowest BCUT2D eigenvalue weighted by atomic mass is 10.2. The Morgan fingerprint density at radius 1 is 0.722 bits per heavy atom. The first-order chi connectivity index (χ1) is 8.52. The summed E-state index contributed by atoms with van der Waals surface area (Å²) in [5.41, 5.74) is 11.2. The maximum atomic E-state index is 5.60. The number of hydrogen-bond acceptors (Lipinski definition) is 4. The van der Waals surface area contributed by atoms with Gasteiger partial charge in [0, 0.05) is 25.2 Å². The number of rotatable bonds is 11. The van der Waals surface area contributed by atoms with Crippen molar-refractivity contribution in [2.24, 2.45) is 11.5 Å². The van der Waals surface area contributed by atoms with Crippen LogP contribution >= 0.6 is 0 Å². The zero-order valence-corrected chi connectivity index (χ0v) is 12.9. The summed E-state index contributed by atoms with van der Waals surface area (Å²) in [6, 6.07) is 1.21. The minimum absolute atomic E-state index is 0.607. The third-order valence-electron chi connectivity index (χ3n) is 3.36. The Balaban J connectivity index is 4.11. The molecule has 0 fully saturated rings. The zero-order chi connectivity index (χ0) is 14.0. The molecule has 4 heteroatoms. The third-order valence-corrected chi connectivity index (χ3v) is 3.36. The Hall–Kier alpha value is -0.160. The van der Waals surface area contributed by atoms with Crippen LogP contribution in [0, 0.1) is 0 Å². The Morgan fingerprint density at radius 2 is 1.17 bits per heavy atom. The highest BCUT2D eigenvalue weighted by Gasteiger charge is 2.14. The normalized spacial score (nSPS) is 12.3. The van der Waals surface area contributed by atoms with Crippen molar-refractivity contribution in [1.29, 1.82) is 0 Å². The molecule has 4 N–H and O–H groups in total. The van der Waals surface area contributed by atoms with Crippen molar-refractivity contribution in [1.82, 2.24) is 9.80 Å². The highest BCUT2D eigenvalue weighted by molar-refractivity contribution is 4.70. The topological polar surface area (TPSA) is 58.5 Å². The molecule has 0 aliphatic heterocycles. The van der Waals surface area contributed by atoms with Gasteiger partial charge in [0.1, 0.15) is 0 Å². The molecule has 0 unspecified atom stereocenters. The molecule has 0 aromatic rings. The molecule has 0 bridgehead atoms. The molecule has 0 heterocycles. The molecule has 0 rings (SSSR count). The molecule has 0 saturated heterocycles. The summed E-state index contributed by atoms with van der Waals surface area (Å²) in [4.78, 5) is 5.04. The lowest BCUT2D eigenvalue weighted by Crippen LogP contribution is -2.43. The van der Waals surface area contributed by atoms with E-state index in [1.54, 1.807) is 0 Å². The van der Waals surface area contributed by atoms with Gasteiger partial charge in [-0.2, -0.15) is 0 Å². The van der Waals surface area contributed by atoms with Crippen molar-refractivity contribution in [3.8, 4) is 0 Å².